The van der Waals surface area contributed by atoms with Crippen molar-refractivity contribution in [2.24, 2.45) is 0 Å². The Morgan fingerprint density at radius 3 is 2.43 bits per heavy atom. The van der Waals surface area contributed by atoms with E-state index >= 15 is 0 Å². The maximum atomic E-state index is 13.0. The number of carbonyl (C=O) groups excluding carboxylic acids is 2. The molecule has 0 unspecified atom stereocenters. The van der Waals surface area contributed by atoms with E-state index in [4.69, 9.17) is 0 Å². The van der Waals surface area contributed by atoms with Gasteiger partial charge in [0.25, 0.3) is 5.91 Å². The van der Waals surface area contributed by atoms with Gasteiger partial charge in [0.05, 0.1) is 16.9 Å². The number of para-hydroxylation sites is 1. The van der Waals surface area contributed by atoms with E-state index < -0.39 is 0 Å². The molecule has 0 bridgehead atoms. The first-order valence-electron chi connectivity index (χ1n) is 9.61. The lowest BCUT2D eigenvalue weighted by Gasteiger charge is -2.34. The molecule has 2 heterocycles. The topological polar surface area (TPSA) is 77.6 Å². The Morgan fingerprint density at radius 1 is 1.04 bits per heavy atom. The van der Waals surface area contributed by atoms with E-state index in [0.717, 1.165) is 25.3 Å². The minimum absolute atomic E-state index is 0.0232. The molecule has 7 nitrogen and oxygen atoms in total. The summed E-state index contributed by atoms with van der Waals surface area (Å²) < 4.78 is 0. The van der Waals surface area contributed by atoms with Crippen molar-refractivity contribution in [1.82, 2.24) is 20.1 Å². The number of hydrogen-bond acceptors (Lipinski definition) is 4. The van der Waals surface area contributed by atoms with Crippen LogP contribution in [0, 0.1) is 0 Å². The summed E-state index contributed by atoms with van der Waals surface area (Å²) in [4.78, 5) is 33.6. The van der Waals surface area contributed by atoms with Crippen LogP contribution >= 0.6 is 0 Å². The SMILES string of the molecule is CC(C)NC(=O)Nc1ccccc1C(=O)N1CCN(Cc2ccccn2)CC1. The summed E-state index contributed by atoms with van der Waals surface area (Å²) in [5.41, 5.74) is 2.08. The third-order valence-electron chi connectivity index (χ3n) is 4.60. The largest absolute Gasteiger partial charge is 0.336 e. The molecule has 1 aromatic heterocycles. The first-order chi connectivity index (χ1) is 13.5. The van der Waals surface area contributed by atoms with Crippen molar-refractivity contribution in [3.05, 3.63) is 59.9 Å². The second-order valence-electron chi connectivity index (χ2n) is 7.19. The van der Waals surface area contributed by atoms with E-state index in [1.54, 1.807) is 18.3 Å². The highest BCUT2D eigenvalue weighted by Crippen LogP contribution is 2.19. The highest BCUT2D eigenvalue weighted by molar-refractivity contribution is 6.03. The molecule has 1 aliphatic heterocycles. The van der Waals surface area contributed by atoms with Crippen LogP contribution in [0.5, 0.6) is 0 Å². The number of urea groups is 1. The van der Waals surface area contributed by atoms with Gasteiger partial charge in [-0.05, 0) is 38.1 Å². The molecule has 2 aromatic rings. The lowest BCUT2D eigenvalue weighted by Crippen LogP contribution is -2.48. The van der Waals surface area contributed by atoms with Crippen LogP contribution in [0.1, 0.15) is 29.9 Å². The van der Waals surface area contributed by atoms with Gasteiger partial charge in [0, 0.05) is 45.0 Å². The number of amides is 3. The Morgan fingerprint density at radius 2 is 1.75 bits per heavy atom. The van der Waals surface area contributed by atoms with Crippen LogP contribution in [0.4, 0.5) is 10.5 Å². The minimum Gasteiger partial charge on any atom is -0.336 e. The summed E-state index contributed by atoms with van der Waals surface area (Å²) in [5, 5.41) is 5.57. The zero-order chi connectivity index (χ0) is 19.9. The Bertz CT molecular complexity index is 801. The molecule has 3 rings (SSSR count). The van der Waals surface area contributed by atoms with Gasteiger partial charge < -0.3 is 15.5 Å². The average Bonchev–Trinajstić information content (AvgIpc) is 2.69. The summed E-state index contributed by atoms with van der Waals surface area (Å²) in [6.45, 7) is 7.46. The summed E-state index contributed by atoms with van der Waals surface area (Å²) >= 11 is 0. The smallest absolute Gasteiger partial charge is 0.319 e. The van der Waals surface area contributed by atoms with Gasteiger partial charge in [-0.2, -0.15) is 0 Å². The number of aromatic nitrogens is 1. The van der Waals surface area contributed by atoms with E-state index in [1.807, 2.05) is 49.1 Å². The fourth-order valence-electron chi connectivity index (χ4n) is 3.20. The number of nitrogens with zero attached hydrogens (tertiary/aromatic N) is 3. The van der Waals surface area contributed by atoms with Crippen molar-refractivity contribution in [2.45, 2.75) is 26.4 Å². The highest BCUT2D eigenvalue weighted by Gasteiger charge is 2.24. The number of hydrogen-bond donors (Lipinski definition) is 2. The first kappa shape index (κ1) is 19.8. The number of carbonyl (C=O) groups is 2. The number of pyridine rings is 1. The lowest BCUT2D eigenvalue weighted by molar-refractivity contribution is 0.0628. The zero-order valence-corrected chi connectivity index (χ0v) is 16.4. The molecule has 0 saturated carbocycles. The van der Waals surface area contributed by atoms with Crippen molar-refractivity contribution >= 4 is 17.6 Å². The van der Waals surface area contributed by atoms with Crippen molar-refractivity contribution in [3.8, 4) is 0 Å². The van der Waals surface area contributed by atoms with Gasteiger partial charge in [-0.1, -0.05) is 18.2 Å². The third kappa shape index (κ3) is 5.29. The van der Waals surface area contributed by atoms with Crippen LogP contribution < -0.4 is 10.6 Å². The molecule has 2 N–H and O–H groups in total. The molecular weight excluding hydrogens is 354 g/mol. The second kappa shape index (κ2) is 9.32. The fraction of sp³-hybridized carbons (Fsp3) is 0.381. The van der Waals surface area contributed by atoms with Crippen LogP contribution in [0.2, 0.25) is 0 Å². The van der Waals surface area contributed by atoms with Crippen molar-refractivity contribution in [1.29, 1.82) is 0 Å². The zero-order valence-electron chi connectivity index (χ0n) is 16.4. The maximum absolute atomic E-state index is 13.0. The molecule has 1 aromatic carbocycles. The van der Waals surface area contributed by atoms with Crippen LogP contribution in [0.25, 0.3) is 0 Å². The van der Waals surface area contributed by atoms with Crippen molar-refractivity contribution < 1.29 is 9.59 Å². The molecule has 0 radical (unpaired) electrons. The summed E-state index contributed by atoms with van der Waals surface area (Å²) in [6, 6.07) is 12.8. The van der Waals surface area contributed by atoms with Crippen molar-refractivity contribution in [3.63, 3.8) is 0 Å². The number of nitrogens with one attached hydrogen (secondary N) is 2. The molecule has 0 aliphatic carbocycles. The average molecular weight is 381 g/mol. The molecular formula is C21H27N5O2. The monoisotopic (exact) mass is 381 g/mol. The quantitative estimate of drug-likeness (QED) is 0.835. The second-order valence-corrected chi connectivity index (χ2v) is 7.19. The Hall–Kier alpha value is -2.93. The molecule has 0 spiro atoms. The molecule has 28 heavy (non-hydrogen) atoms. The minimum atomic E-state index is -0.310. The number of benzene rings is 1. The van der Waals surface area contributed by atoms with Gasteiger partial charge in [0.1, 0.15) is 0 Å². The van der Waals surface area contributed by atoms with Crippen LogP contribution in [-0.4, -0.2) is 58.9 Å². The Labute approximate surface area is 165 Å². The van der Waals surface area contributed by atoms with Crippen LogP contribution in [-0.2, 0) is 6.54 Å². The normalized spacial score (nSPS) is 14.8. The van der Waals surface area contributed by atoms with Crippen LogP contribution in [0.3, 0.4) is 0 Å². The van der Waals surface area contributed by atoms with E-state index in [9.17, 15) is 9.59 Å². The van der Waals surface area contributed by atoms with Gasteiger partial charge in [-0.15, -0.1) is 0 Å². The van der Waals surface area contributed by atoms with Crippen LogP contribution in [0.15, 0.2) is 48.7 Å². The summed E-state index contributed by atoms with van der Waals surface area (Å²) in [5.74, 6) is -0.0575. The van der Waals surface area contributed by atoms with E-state index in [1.165, 1.54) is 0 Å². The summed E-state index contributed by atoms with van der Waals surface area (Å²) in [7, 11) is 0. The standard InChI is InChI=1S/C21H27N5O2/c1-16(2)23-21(28)24-19-9-4-3-8-18(19)20(27)26-13-11-25(12-14-26)15-17-7-5-6-10-22-17/h3-10,16H,11-15H2,1-2H3,(H2,23,24,28). The van der Waals surface area contributed by atoms with Gasteiger partial charge in [-0.3, -0.25) is 14.7 Å². The predicted octanol–water partition coefficient (Wildman–Crippen LogP) is 2.57. The van der Waals surface area contributed by atoms with Gasteiger partial charge in [-0.25, -0.2) is 4.79 Å². The predicted molar refractivity (Wildman–Crippen MR) is 109 cm³/mol. The number of rotatable bonds is 5. The maximum Gasteiger partial charge on any atom is 0.319 e. The van der Waals surface area contributed by atoms with Gasteiger partial charge in [0.2, 0.25) is 0 Å². The molecule has 1 saturated heterocycles. The fourth-order valence-corrected chi connectivity index (χ4v) is 3.20. The van der Waals surface area contributed by atoms with E-state index in [2.05, 4.69) is 20.5 Å². The first-order valence-corrected chi connectivity index (χ1v) is 9.61. The Kier molecular flexibility index (Phi) is 6.60. The number of piperazine rings is 1. The Balaban J connectivity index is 1.60. The molecule has 1 fully saturated rings. The molecule has 0 atom stereocenters. The van der Waals surface area contributed by atoms with Crippen molar-refractivity contribution in [2.75, 3.05) is 31.5 Å². The molecule has 1 aliphatic rings. The van der Waals surface area contributed by atoms with Gasteiger partial charge in [0.15, 0.2) is 0 Å². The molecule has 3 amide bonds. The molecule has 7 heteroatoms. The molecule has 148 valence electrons. The van der Waals surface area contributed by atoms with E-state index in [0.29, 0.717) is 24.3 Å². The third-order valence-corrected chi connectivity index (χ3v) is 4.60. The highest BCUT2D eigenvalue weighted by atomic mass is 16.2. The summed E-state index contributed by atoms with van der Waals surface area (Å²) in [6.07, 6.45) is 1.80. The lowest BCUT2D eigenvalue weighted by atomic mass is 10.1. The number of anilines is 1. The van der Waals surface area contributed by atoms with Gasteiger partial charge >= 0.3 is 6.03 Å². The van der Waals surface area contributed by atoms with E-state index in [-0.39, 0.29) is 18.0 Å².